The Kier molecular flexibility index (Phi) is 5.74. The van der Waals surface area contributed by atoms with Gasteiger partial charge in [-0.15, -0.1) is 12.4 Å². The third-order valence-corrected chi connectivity index (χ3v) is 4.03. The molecule has 124 valence electrons. The Morgan fingerprint density at radius 3 is 2.78 bits per heavy atom. The van der Waals surface area contributed by atoms with Crippen molar-refractivity contribution in [2.45, 2.75) is 18.4 Å². The minimum Gasteiger partial charge on any atom is -0.346 e. The molecular weight excluding hydrogens is 319 g/mol. The largest absolute Gasteiger partial charge is 0.346 e. The highest BCUT2D eigenvalue weighted by atomic mass is 35.5. The van der Waals surface area contributed by atoms with Gasteiger partial charge in [0.1, 0.15) is 11.5 Å². The van der Waals surface area contributed by atoms with Crippen LogP contribution in [0.1, 0.15) is 28.4 Å². The van der Waals surface area contributed by atoms with E-state index in [9.17, 15) is 9.18 Å². The smallest absolute Gasteiger partial charge is 0.271 e. The third kappa shape index (κ3) is 4.09. The van der Waals surface area contributed by atoms with Crippen LogP contribution in [0.4, 0.5) is 4.39 Å². The van der Waals surface area contributed by atoms with Gasteiger partial charge in [0.25, 0.3) is 5.91 Å². The zero-order valence-electron chi connectivity index (χ0n) is 12.8. The van der Waals surface area contributed by atoms with Gasteiger partial charge in [0.05, 0.1) is 6.33 Å². The SMILES string of the molecule is Cl.Cn1cnc(C(=O)NC2CNCCC2c2ccc(F)cc2)c1. The average Bonchev–Trinajstić information content (AvgIpc) is 2.95. The molecule has 1 aliphatic heterocycles. The van der Waals surface area contributed by atoms with E-state index in [0.29, 0.717) is 12.2 Å². The monoisotopic (exact) mass is 338 g/mol. The van der Waals surface area contributed by atoms with E-state index in [2.05, 4.69) is 15.6 Å². The number of rotatable bonds is 3. The molecule has 3 rings (SSSR count). The summed E-state index contributed by atoms with van der Waals surface area (Å²) < 4.78 is 14.8. The third-order valence-electron chi connectivity index (χ3n) is 4.03. The van der Waals surface area contributed by atoms with Gasteiger partial charge in [0, 0.05) is 31.7 Å². The minimum atomic E-state index is -0.244. The van der Waals surface area contributed by atoms with Crippen molar-refractivity contribution in [3.8, 4) is 0 Å². The second kappa shape index (κ2) is 7.57. The summed E-state index contributed by atoms with van der Waals surface area (Å²) >= 11 is 0. The summed E-state index contributed by atoms with van der Waals surface area (Å²) in [7, 11) is 1.83. The number of nitrogens with one attached hydrogen (secondary N) is 2. The number of aromatic nitrogens is 2. The Bertz CT molecular complexity index is 658. The van der Waals surface area contributed by atoms with Gasteiger partial charge in [-0.25, -0.2) is 9.37 Å². The van der Waals surface area contributed by atoms with Crippen molar-refractivity contribution in [1.29, 1.82) is 0 Å². The molecule has 2 N–H and O–H groups in total. The van der Waals surface area contributed by atoms with Crippen molar-refractivity contribution < 1.29 is 9.18 Å². The van der Waals surface area contributed by atoms with Gasteiger partial charge < -0.3 is 15.2 Å². The lowest BCUT2D eigenvalue weighted by Crippen LogP contribution is -2.50. The van der Waals surface area contributed by atoms with Crippen molar-refractivity contribution in [3.05, 3.63) is 53.9 Å². The molecular formula is C16H20ClFN4O. The van der Waals surface area contributed by atoms with E-state index < -0.39 is 0 Å². The maximum Gasteiger partial charge on any atom is 0.271 e. The lowest BCUT2D eigenvalue weighted by Gasteiger charge is -2.33. The fraction of sp³-hybridized carbons (Fsp3) is 0.375. The molecule has 0 bridgehead atoms. The average molecular weight is 339 g/mol. The number of hydrogen-bond donors (Lipinski definition) is 2. The molecule has 7 heteroatoms. The molecule has 23 heavy (non-hydrogen) atoms. The number of amides is 1. The van der Waals surface area contributed by atoms with E-state index >= 15 is 0 Å². The van der Waals surface area contributed by atoms with Gasteiger partial charge in [-0.1, -0.05) is 12.1 Å². The zero-order valence-corrected chi connectivity index (χ0v) is 13.6. The molecule has 1 aromatic carbocycles. The topological polar surface area (TPSA) is 59.0 Å². The highest BCUT2D eigenvalue weighted by Crippen LogP contribution is 2.26. The molecule has 2 heterocycles. The van der Waals surface area contributed by atoms with Crippen molar-refractivity contribution in [3.63, 3.8) is 0 Å². The van der Waals surface area contributed by atoms with E-state index in [0.717, 1.165) is 18.5 Å². The minimum absolute atomic E-state index is 0. The lowest BCUT2D eigenvalue weighted by atomic mass is 9.86. The van der Waals surface area contributed by atoms with E-state index in [1.165, 1.54) is 12.1 Å². The highest BCUT2D eigenvalue weighted by Gasteiger charge is 2.28. The number of carbonyl (C=O) groups excluding carboxylic acids is 1. The molecule has 2 atom stereocenters. The Morgan fingerprint density at radius 2 is 2.13 bits per heavy atom. The Hall–Kier alpha value is -1.92. The molecule has 1 amide bonds. The first-order chi connectivity index (χ1) is 10.6. The summed E-state index contributed by atoms with van der Waals surface area (Å²) in [6.45, 7) is 1.58. The van der Waals surface area contributed by atoms with Crippen molar-refractivity contribution in [1.82, 2.24) is 20.2 Å². The molecule has 1 aliphatic rings. The lowest BCUT2D eigenvalue weighted by molar-refractivity contribution is 0.0919. The van der Waals surface area contributed by atoms with Gasteiger partial charge in [0.2, 0.25) is 0 Å². The van der Waals surface area contributed by atoms with Crippen molar-refractivity contribution >= 4 is 18.3 Å². The number of piperidine rings is 1. The molecule has 1 aromatic heterocycles. The number of hydrogen-bond acceptors (Lipinski definition) is 3. The molecule has 1 saturated heterocycles. The van der Waals surface area contributed by atoms with Crippen LogP contribution in [0.5, 0.6) is 0 Å². The van der Waals surface area contributed by atoms with Crippen LogP contribution in [0, 0.1) is 5.82 Å². The molecule has 0 aliphatic carbocycles. The summed E-state index contributed by atoms with van der Waals surface area (Å²) in [6.07, 6.45) is 4.20. The molecule has 2 unspecified atom stereocenters. The van der Waals surface area contributed by atoms with Crippen LogP contribution in [0.25, 0.3) is 0 Å². The van der Waals surface area contributed by atoms with Crippen LogP contribution in [-0.2, 0) is 7.05 Å². The van der Waals surface area contributed by atoms with Gasteiger partial charge in [-0.3, -0.25) is 4.79 Å². The predicted octanol–water partition coefficient (Wildman–Crippen LogP) is 1.86. The normalized spacial score (nSPS) is 20.6. The molecule has 5 nitrogen and oxygen atoms in total. The molecule has 0 radical (unpaired) electrons. The highest BCUT2D eigenvalue weighted by molar-refractivity contribution is 5.92. The van der Waals surface area contributed by atoms with Crippen LogP contribution < -0.4 is 10.6 Å². The Morgan fingerprint density at radius 1 is 1.39 bits per heavy atom. The summed E-state index contributed by atoms with van der Waals surface area (Å²) in [5.74, 6) is -0.248. The summed E-state index contributed by atoms with van der Waals surface area (Å²) in [5.41, 5.74) is 1.46. The van der Waals surface area contributed by atoms with E-state index in [1.54, 1.807) is 29.2 Å². The summed E-state index contributed by atoms with van der Waals surface area (Å²) in [5, 5.41) is 6.33. The van der Waals surface area contributed by atoms with Crippen molar-refractivity contribution in [2.75, 3.05) is 13.1 Å². The van der Waals surface area contributed by atoms with Crippen LogP contribution in [0.2, 0.25) is 0 Å². The summed E-state index contributed by atoms with van der Waals surface area (Å²) in [6, 6.07) is 6.49. The van der Waals surface area contributed by atoms with Crippen LogP contribution in [0.3, 0.4) is 0 Å². The van der Waals surface area contributed by atoms with E-state index in [-0.39, 0.29) is 36.1 Å². The first kappa shape index (κ1) is 17.4. The van der Waals surface area contributed by atoms with Crippen LogP contribution >= 0.6 is 12.4 Å². The second-order valence-electron chi connectivity index (χ2n) is 5.66. The van der Waals surface area contributed by atoms with Gasteiger partial charge in [-0.05, 0) is 30.7 Å². The molecule has 0 saturated carbocycles. The maximum atomic E-state index is 13.1. The number of imidazole rings is 1. The van der Waals surface area contributed by atoms with E-state index in [1.807, 2.05) is 7.05 Å². The standard InChI is InChI=1S/C16H19FN4O.ClH/c1-21-9-15(19-10-21)16(22)20-14-8-18-7-6-13(14)11-2-4-12(17)5-3-11;/h2-5,9-10,13-14,18H,6-8H2,1H3,(H,20,22);1H. The summed E-state index contributed by atoms with van der Waals surface area (Å²) in [4.78, 5) is 16.4. The van der Waals surface area contributed by atoms with Gasteiger partial charge >= 0.3 is 0 Å². The van der Waals surface area contributed by atoms with Gasteiger partial charge in [-0.2, -0.15) is 0 Å². The van der Waals surface area contributed by atoms with Crippen LogP contribution in [-0.4, -0.2) is 34.6 Å². The number of benzene rings is 1. The fourth-order valence-corrected chi connectivity index (χ4v) is 2.89. The fourth-order valence-electron chi connectivity index (χ4n) is 2.89. The number of carbonyl (C=O) groups is 1. The number of aryl methyl sites for hydroxylation is 1. The second-order valence-corrected chi connectivity index (χ2v) is 5.66. The Labute approximate surface area is 140 Å². The zero-order chi connectivity index (χ0) is 15.5. The predicted molar refractivity (Wildman–Crippen MR) is 88.3 cm³/mol. The molecule has 0 spiro atoms. The maximum absolute atomic E-state index is 13.1. The first-order valence-electron chi connectivity index (χ1n) is 7.38. The van der Waals surface area contributed by atoms with Crippen LogP contribution in [0.15, 0.2) is 36.8 Å². The Balaban J connectivity index is 0.00000192. The quantitative estimate of drug-likeness (QED) is 0.898. The molecule has 2 aromatic rings. The van der Waals surface area contributed by atoms with E-state index in [4.69, 9.17) is 0 Å². The van der Waals surface area contributed by atoms with Gasteiger partial charge in [0.15, 0.2) is 0 Å². The van der Waals surface area contributed by atoms with Crippen molar-refractivity contribution in [2.24, 2.45) is 7.05 Å². The molecule has 1 fully saturated rings. The number of nitrogens with zero attached hydrogens (tertiary/aromatic N) is 2. The first-order valence-corrected chi connectivity index (χ1v) is 7.38. The number of halogens is 2.